The molecule has 2 aliphatic heterocycles. The number of para-hydroxylation sites is 1. The quantitative estimate of drug-likeness (QED) is 0.559. The molecule has 1 aromatic heterocycles. The molecule has 1 atom stereocenters. The average Bonchev–Trinajstić information content (AvgIpc) is 3.07. The van der Waals surface area contributed by atoms with E-state index in [0.29, 0.717) is 18.7 Å². The zero-order chi connectivity index (χ0) is 21.4. The van der Waals surface area contributed by atoms with Gasteiger partial charge in [-0.3, -0.25) is 4.79 Å². The van der Waals surface area contributed by atoms with Crippen LogP contribution in [0.5, 0.6) is 0 Å². The number of aromatic nitrogens is 2. The van der Waals surface area contributed by atoms with Crippen LogP contribution in [0.2, 0.25) is 5.02 Å². The van der Waals surface area contributed by atoms with E-state index >= 15 is 0 Å². The van der Waals surface area contributed by atoms with Gasteiger partial charge in [0.1, 0.15) is 18.0 Å². The number of carbonyl (C=O) groups excluding carboxylic acids is 1. The molecule has 0 bridgehead atoms. The first-order valence-corrected chi connectivity index (χ1v) is 11.2. The molecule has 160 valence electrons. The molecule has 1 unspecified atom stereocenters. The maximum atomic E-state index is 13.9. The van der Waals surface area contributed by atoms with Crippen LogP contribution in [0.1, 0.15) is 42.5 Å². The Morgan fingerprint density at radius 1 is 1.00 bits per heavy atom. The van der Waals surface area contributed by atoms with Gasteiger partial charge in [0, 0.05) is 36.1 Å². The van der Waals surface area contributed by atoms with Crippen molar-refractivity contribution in [2.75, 3.05) is 24.5 Å². The van der Waals surface area contributed by atoms with Crippen molar-refractivity contribution in [3.63, 3.8) is 0 Å². The van der Waals surface area contributed by atoms with E-state index in [1.54, 1.807) is 12.4 Å². The fraction of sp³-hybridized carbons (Fsp3) is 0.375. The molecule has 2 aromatic carbocycles. The molecule has 1 spiro atoms. The minimum absolute atomic E-state index is 0.0165. The van der Waals surface area contributed by atoms with Crippen LogP contribution >= 0.6 is 11.6 Å². The van der Waals surface area contributed by atoms with Crippen LogP contribution in [0.25, 0.3) is 10.9 Å². The van der Waals surface area contributed by atoms with Gasteiger partial charge in [0.25, 0.3) is 5.91 Å². The Labute approximate surface area is 185 Å². The van der Waals surface area contributed by atoms with Gasteiger partial charge in [0.2, 0.25) is 0 Å². The summed E-state index contributed by atoms with van der Waals surface area (Å²) in [5.41, 5.74) is 1.28. The SMILES string of the molecule is O=C(c1ccc(Cl)c(F)c1)N1CCCC2(CCCN2c2ncnc3ccccc23)CC1. The predicted molar refractivity (Wildman–Crippen MR) is 120 cm³/mol. The molecule has 31 heavy (non-hydrogen) atoms. The van der Waals surface area contributed by atoms with Gasteiger partial charge in [-0.15, -0.1) is 0 Å². The van der Waals surface area contributed by atoms with E-state index in [-0.39, 0.29) is 16.5 Å². The van der Waals surface area contributed by atoms with Crippen molar-refractivity contribution in [1.82, 2.24) is 14.9 Å². The maximum absolute atomic E-state index is 13.9. The molecular formula is C24H24ClFN4O. The molecule has 5 rings (SSSR count). The van der Waals surface area contributed by atoms with Gasteiger partial charge in [-0.05, 0) is 62.4 Å². The number of anilines is 1. The minimum atomic E-state index is -0.559. The summed E-state index contributed by atoms with van der Waals surface area (Å²) in [6.07, 6.45) is 6.61. The Bertz CT molecular complexity index is 1130. The first kappa shape index (κ1) is 20.2. The number of nitrogens with zero attached hydrogens (tertiary/aromatic N) is 4. The summed E-state index contributed by atoms with van der Waals surface area (Å²) >= 11 is 5.78. The molecular weight excluding hydrogens is 415 g/mol. The number of likely N-dealkylation sites (tertiary alicyclic amines) is 1. The van der Waals surface area contributed by atoms with Crippen LogP contribution in [0.15, 0.2) is 48.8 Å². The summed E-state index contributed by atoms with van der Waals surface area (Å²) in [5, 5.41) is 1.10. The number of halogens is 2. The highest BCUT2D eigenvalue weighted by Gasteiger charge is 2.43. The number of amides is 1. The van der Waals surface area contributed by atoms with Crippen LogP contribution in [0.3, 0.4) is 0 Å². The smallest absolute Gasteiger partial charge is 0.253 e. The monoisotopic (exact) mass is 438 g/mol. The lowest BCUT2D eigenvalue weighted by molar-refractivity contribution is 0.0758. The third-order valence-corrected chi connectivity index (χ3v) is 7.05. The van der Waals surface area contributed by atoms with Crippen molar-refractivity contribution in [3.8, 4) is 0 Å². The molecule has 0 N–H and O–H groups in total. The van der Waals surface area contributed by atoms with Crippen LogP contribution < -0.4 is 4.90 Å². The predicted octanol–water partition coefficient (Wildman–Crippen LogP) is 5.09. The van der Waals surface area contributed by atoms with Crippen molar-refractivity contribution in [2.45, 2.75) is 37.6 Å². The highest BCUT2D eigenvalue weighted by atomic mass is 35.5. The second kappa shape index (κ2) is 8.08. The molecule has 3 aromatic rings. The molecule has 7 heteroatoms. The molecule has 1 amide bonds. The van der Waals surface area contributed by atoms with Crippen molar-refractivity contribution < 1.29 is 9.18 Å². The topological polar surface area (TPSA) is 49.3 Å². The minimum Gasteiger partial charge on any atom is -0.350 e. The number of carbonyl (C=O) groups is 1. The fourth-order valence-corrected chi connectivity index (χ4v) is 5.31. The largest absolute Gasteiger partial charge is 0.350 e. The van der Waals surface area contributed by atoms with Crippen LogP contribution in [-0.4, -0.2) is 45.9 Å². The van der Waals surface area contributed by atoms with Crippen LogP contribution in [0.4, 0.5) is 10.2 Å². The maximum Gasteiger partial charge on any atom is 0.253 e. The summed E-state index contributed by atoms with van der Waals surface area (Å²) in [6, 6.07) is 12.4. The van der Waals surface area contributed by atoms with Crippen molar-refractivity contribution in [1.29, 1.82) is 0 Å². The summed E-state index contributed by atoms with van der Waals surface area (Å²) < 4.78 is 13.9. The Kier molecular flexibility index (Phi) is 5.26. The van der Waals surface area contributed by atoms with Gasteiger partial charge in [-0.2, -0.15) is 0 Å². The second-order valence-electron chi connectivity index (χ2n) is 8.47. The van der Waals surface area contributed by atoms with Gasteiger partial charge < -0.3 is 9.80 Å². The number of rotatable bonds is 2. The molecule has 0 aliphatic carbocycles. The van der Waals surface area contributed by atoms with Gasteiger partial charge in [0.05, 0.1) is 10.5 Å². The summed E-state index contributed by atoms with van der Waals surface area (Å²) in [4.78, 5) is 26.4. The molecule has 3 heterocycles. The van der Waals surface area contributed by atoms with Crippen LogP contribution in [-0.2, 0) is 0 Å². The Balaban J connectivity index is 1.40. The molecule has 2 saturated heterocycles. The molecule has 2 fully saturated rings. The third-order valence-electron chi connectivity index (χ3n) is 6.74. The number of fused-ring (bicyclic) bond motifs is 1. The highest BCUT2D eigenvalue weighted by molar-refractivity contribution is 6.30. The lowest BCUT2D eigenvalue weighted by atomic mass is 9.87. The molecule has 2 aliphatic rings. The lowest BCUT2D eigenvalue weighted by Crippen LogP contribution is -2.45. The Morgan fingerprint density at radius 3 is 2.65 bits per heavy atom. The van der Waals surface area contributed by atoms with E-state index in [2.05, 4.69) is 20.9 Å². The second-order valence-corrected chi connectivity index (χ2v) is 8.88. The van der Waals surface area contributed by atoms with Gasteiger partial charge in [-0.1, -0.05) is 23.7 Å². The zero-order valence-corrected chi connectivity index (χ0v) is 18.0. The van der Waals surface area contributed by atoms with E-state index in [0.717, 1.165) is 55.4 Å². The van der Waals surface area contributed by atoms with Crippen molar-refractivity contribution >= 4 is 34.2 Å². The number of hydrogen-bond donors (Lipinski definition) is 0. The summed E-state index contributed by atoms with van der Waals surface area (Å²) in [6.45, 7) is 2.27. The number of hydrogen-bond acceptors (Lipinski definition) is 4. The first-order valence-electron chi connectivity index (χ1n) is 10.8. The normalized spacial score (nSPS) is 21.6. The molecule has 0 saturated carbocycles. The highest BCUT2D eigenvalue weighted by Crippen LogP contribution is 2.42. The van der Waals surface area contributed by atoms with Crippen molar-refractivity contribution in [3.05, 3.63) is 65.2 Å². The van der Waals surface area contributed by atoms with E-state index in [4.69, 9.17) is 11.6 Å². The lowest BCUT2D eigenvalue weighted by Gasteiger charge is -2.39. The zero-order valence-electron chi connectivity index (χ0n) is 17.2. The fourth-order valence-electron chi connectivity index (χ4n) is 5.19. The Morgan fingerprint density at radius 2 is 1.81 bits per heavy atom. The van der Waals surface area contributed by atoms with E-state index < -0.39 is 5.82 Å². The van der Waals surface area contributed by atoms with E-state index in [9.17, 15) is 9.18 Å². The van der Waals surface area contributed by atoms with Gasteiger partial charge in [0.15, 0.2) is 0 Å². The van der Waals surface area contributed by atoms with Gasteiger partial charge in [-0.25, -0.2) is 14.4 Å². The van der Waals surface area contributed by atoms with Crippen molar-refractivity contribution in [2.24, 2.45) is 0 Å². The third kappa shape index (κ3) is 3.63. The van der Waals surface area contributed by atoms with Crippen LogP contribution in [0, 0.1) is 5.82 Å². The first-order chi connectivity index (χ1) is 15.1. The van der Waals surface area contributed by atoms with Gasteiger partial charge >= 0.3 is 0 Å². The average molecular weight is 439 g/mol. The number of benzene rings is 2. The summed E-state index contributed by atoms with van der Waals surface area (Å²) in [7, 11) is 0. The van der Waals surface area contributed by atoms with E-state index in [1.165, 1.54) is 12.1 Å². The molecule has 0 radical (unpaired) electrons. The summed E-state index contributed by atoms with van der Waals surface area (Å²) in [5.74, 6) is 0.295. The van der Waals surface area contributed by atoms with E-state index in [1.807, 2.05) is 23.1 Å². The standard InChI is InChI=1S/C24H24ClFN4O/c25-19-8-7-17(15-20(19)26)23(31)29-12-3-9-24(11-14-29)10-4-13-30(24)22-18-5-1-2-6-21(18)27-16-28-22/h1-2,5-8,15-16H,3-4,9-14H2. The molecule has 5 nitrogen and oxygen atoms in total. The Hall–Kier alpha value is -2.73.